The zero-order chi connectivity index (χ0) is 15.4. The van der Waals surface area contributed by atoms with Gasteiger partial charge in [0.2, 0.25) is 0 Å². The zero-order valence-corrected chi connectivity index (χ0v) is 15.7. The number of nitrogens with one attached hydrogen (secondary N) is 1. The van der Waals surface area contributed by atoms with Crippen LogP contribution in [0.1, 0.15) is 53.4 Å². The van der Waals surface area contributed by atoms with Gasteiger partial charge in [-0.05, 0) is 38.9 Å². The Morgan fingerprint density at radius 2 is 1.40 bits per heavy atom. The standard InChI is InChI=1S/C14H29N3S3/c1-5-9-11-17(12-10-6-2)14(19)20-15-13(18)16(7-3)8-4/h5-12H2,1-4H3,(H,15,18). The predicted molar refractivity (Wildman–Crippen MR) is 100 cm³/mol. The lowest BCUT2D eigenvalue weighted by molar-refractivity contribution is 0.410. The summed E-state index contributed by atoms with van der Waals surface area (Å²) in [6.07, 6.45) is 4.76. The zero-order valence-electron chi connectivity index (χ0n) is 13.3. The summed E-state index contributed by atoms with van der Waals surface area (Å²) in [7, 11) is 0. The van der Waals surface area contributed by atoms with Gasteiger partial charge < -0.3 is 14.5 Å². The van der Waals surface area contributed by atoms with E-state index in [1.165, 1.54) is 37.6 Å². The van der Waals surface area contributed by atoms with Crippen molar-refractivity contribution in [1.82, 2.24) is 14.5 Å². The van der Waals surface area contributed by atoms with Crippen LogP contribution in [-0.2, 0) is 0 Å². The number of nitrogens with zero attached hydrogens (tertiary/aromatic N) is 2. The second-order valence-electron chi connectivity index (χ2n) is 4.64. The maximum absolute atomic E-state index is 5.53. The Labute approximate surface area is 140 Å². The van der Waals surface area contributed by atoms with Crippen LogP contribution in [-0.4, -0.2) is 45.4 Å². The van der Waals surface area contributed by atoms with Gasteiger partial charge in [0, 0.05) is 38.1 Å². The molecule has 6 heteroatoms. The van der Waals surface area contributed by atoms with Crippen LogP contribution < -0.4 is 4.72 Å². The van der Waals surface area contributed by atoms with E-state index in [1.807, 2.05) is 0 Å². The van der Waals surface area contributed by atoms with E-state index < -0.39 is 0 Å². The minimum absolute atomic E-state index is 0.772. The van der Waals surface area contributed by atoms with Crippen LogP contribution in [0.15, 0.2) is 0 Å². The molecule has 0 aliphatic rings. The molecule has 0 heterocycles. The van der Waals surface area contributed by atoms with Gasteiger partial charge in [0.1, 0.15) is 0 Å². The number of unbranched alkanes of at least 4 members (excludes halogenated alkanes) is 2. The highest BCUT2D eigenvalue weighted by molar-refractivity contribution is 8.22. The highest BCUT2D eigenvalue weighted by Gasteiger charge is 2.11. The molecule has 0 aromatic heterocycles. The van der Waals surface area contributed by atoms with Crippen LogP contribution in [0.5, 0.6) is 0 Å². The molecule has 3 nitrogen and oxygen atoms in total. The molecule has 0 saturated carbocycles. The fraction of sp³-hybridized carbons (Fsp3) is 0.857. The molecule has 0 atom stereocenters. The van der Waals surface area contributed by atoms with Crippen molar-refractivity contribution >= 4 is 45.8 Å². The maximum atomic E-state index is 5.53. The van der Waals surface area contributed by atoms with E-state index in [9.17, 15) is 0 Å². The first-order valence-corrected chi connectivity index (χ1v) is 9.24. The van der Waals surface area contributed by atoms with E-state index in [0.717, 1.165) is 35.6 Å². The normalized spacial score (nSPS) is 10.2. The number of hydrogen-bond donors (Lipinski definition) is 1. The van der Waals surface area contributed by atoms with Gasteiger partial charge in [-0.25, -0.2) is 0 Å². The molecule has 1 N–H and O–H groups in total. The average Bonchev–Trinajstić information content (AvgIpc) is 2.46. The van der Waals surface area contributed by atoms with Crippen LogP contribution in [0.2, 0.25) is 0 Å². The Morgan fingerprint density at radius 3 is 1.80 bits per heavy atom. The van der Waals surface area contributed by atoms with Crippen molar-refractivity contribution < 1.29 is 0 Å². The van der Waals surface area contributed by atoms with E-state index >= 15 is 0 Å². The smallest absolute Gasteiger partial charge is 0.179 e. The van der Waals surface area contributed by atoms with Gasteiger partial charge in [-0.1, -0.05) is 38.9 Å². The van der Waals surface area contributed by atoms with E-state index in [1.54, 1.807) is 0 Å². The van der Waals surface area contributed by atoms with Gasteiger partial charge in [0.25, 0.3) is 0 Å². The molecule has 0 aromatic carbocycles. The highest BCUT2D eigenvalue weighted by atomic mass is 32.2. The summed E-state index contributed by atoms with van der Waals surface area (Å²) in [5, 5.41) is 0.772. The lowest BCUT2D eigenvalue weighted by Gasteiger charge is -2.26. The molecular formula is C14H29N3S3. The fourth-order valence-corrected chi connectivity index (χ4v) is 3.03. The molecule has 0 rings (SSSR count). The van der Waals surface area contributed by atoms with Crippen molar-refractivity contribution in [1.29, 1.82) is 0 Å². The van der Waals surface area contributed by atoms with Gasteiger partial charge in [-0.15, -0.1) is 0 Å². The van der Waals surface area contributed by atoms with Gasteiger partial charge in [0.15, 0.2) is 9.43 Å². The molecule has 0 aliphatic carbocycles. The van der Waals surface area contributed by atoms with Gasteiger partial charge >= 0.3 is 0 Å². The molecule has 0 unspecified atom stereocenters. The van der Waals surface area contributed by atoms with Crippen molar-refractivity contribution in [3.8, 4) is 0 Å². The van der Waals surface area contributed by atoms with Crippen molar-refractivity contribution in [3.63, 3.8) is 0 Å². The molecule has 0 spiro atoms. The summed E-state index contributed by atoms with van der Waals surface area (Å²) >= 11 is 12.4. The van der Waals surface area contributed by atoms with E-state index in [-0.39, 0.29) is 0 Å². The lowest BCUT2D eigenvalue weighted by Crippen LogP contribution is -2.39. The Hall–Kier alpha value is -0.0700. The van der Waals surface area contributed by atoms with Gasteiger partial charge in [-0.2, -0.15) is 0 Å². The number of rotatable bonds is 8. The molecule has 0 aliphatic heterocycles. The van der Waals surface area contributed by atoms with E-state index in [0.29, 0.717) is 0 Å². The quantitative estimate of drug-likeness (QED) is 0.529. The van der Waals surface area contributed by atoms with Crippen LogP contribution in [0, 0.1) is 0 Å². The summed E-state index contributed by atoms with van der Waals surface area (Å²) in [5.74, 6) is 0. The summed E-state index contributed by atoms with van der Waals surface area (Å²) < 4.78 is 4.11. The molecule has 0 saturated heterocycles. The predicted octanol–water partition coefficient (Wildman–Crippen LogP) is 4.04. The number of thiocarbonyl (C=S) groups is 2. The van der Waals surface area contributed by atoms with Crippen LogP contribution in [0.25, 0.3) is 0 Å². The summed E-state index contributed by atoms with van der Waals surface area (Å²) in [6.45, 7) is 12.6. The lowest BCUT2D eigenvalue weighted by atomic mass is 10.3. The minimum atomic E-state index is 0.772. The molecule has 0 radical (unpaired) electrons. The summed E-state index contributed by atoms with van der Waals surface area (Å²) in [4.78, 5) is 4.41. The largest absolute Gasteiger partial charge is 0.356 e. The second kappa shape index (κ2) is 12.7. The summed E-state index contributed by atoms with van der Waals surface area (Å²) in [5.41, 5.74) is 0. The van der Waals surface area contributed by atoms with E-state index in [4.69, 9.17) is 24.4 Å². The van der Waals surface area contributed by atoms with Crippen LogP contribution in [0.4, 0.5) is 0 Å². The van der Waals surface area contributed by atoms with Crippen molar-refractivity contribution in [2.24, 2.45) is 0 Å². The summed E-state index contributed by atoms with van der Waals surface area (Å²) in [6, 6.07) is 0. The van der Waals surface area contributed by atoms with Crippen LogP contribution >= 0.6 is 36.4 Å². The van der Waals surface area contributed by atoms with Crippen molar-refractivity contribution in [3.05, 3.63) is 0 Å². The third kappa shape index (κ3) is 8.27. The minimum Gasteiger partial charge on any atom is -0.356 e. The SMILES string of the molecule is CCCCN(CCCC)C(=S)SNC(=S)N(CC)CC. The maximum Gasteiger partial charge on any atom is 0.179 e. The van der Waals surface area contributed by atoms with E-state index in [2.05, 4.69) is 42.2 Å². The fourth-order valence-electron chi connectivity index (χ4n) is 1.72. The Bertz CT molecular complexity index is 273. The van der Waals surface area contributed by atoms with Crippen molar-refractivity contribution in [2.75, 3.05) is 26.2 Å². The first kappa shape index (κ1) is 19.9. The molecule has 118 valence electrons. The molecule has 0 fully saturated rings. The Kier molecular flexibility index (Phi) is 12.6. The molecule has 0 aromatic rings. The first-order chi connectivity index (χ1) is 9.60. The monoisotopic (exact) mass is 335 g/mol. The molecule has 0 bridgehead atoms. The first-order valence-electron chi connectivity index (χ1n) is 7.61. The third-order valence-electron chi connectivity index (χ3n) is 3.10. The Balaban J connectivity index is 4.26. The van der Waals surface area contributed by atoms with Gasteiger partial charge in [-0.3, -0.25) is 0 Å². The van der Waals surface area contributed by atoms with Crippen molar-refractivity contribution in [2.45, 2.75) is 53.4 Å². The molecule has 0 amide bonds. The second-order valence-corrected chi connectivity index (χ2v) is 6.47. The molecular weight excluding hydrogens is 306 g/mol. The molecule has 20 heavy (non-hydrogen) atoms. The Morgan fingerprint density at radius 1 is 0.900 bits per heavy atom. The van der Waals surface area contributed by atoms with Gasteiger partial charge in [0.05, 0.1) is 0 Å². The average molecular weight is 336 g/mol. The topological polar surface area (TPSA) is 18.5 Å². The van der Waals surface area contributed by atoms with Crippen LogP contribution in [0.3, 0.4) is 0 Å². The number of hydrogen-bond acceptors (Lipinski definition) is 3. The highest BCUT2D eigenvalue weighted by Crippen LogP contribution is 2.10. The third-order valence-corrected chi connectivity index (χ3v) is 4.82.